The first-order valence-corrected chi connectivity index (χ1v) is 5.61. The van der Waals surface area contributed by atoms with Gasteiger partial charge in [0.25, 0.3) is 0 Å². The van der Waals surface area contributed by atoms with Gasteiger partial charge in [0.1, 0.15) is 6.79 Å². The molecule has 1 aliphatic rings. The Labute approximate surface area is 96.0 Å². The summed E-state index contributed by atoms with van der Waals surface area (Å²) < 4.78 is 10.2. The summed E-state index contributed by atoms with van der Waals surface area (Å²) in [6.45, 7) is 1.23. The Bertz CT molecular complexity index is 312. The minimum Gasteiger partial charge on any atom is -0.396 e. The third-order valence-corrected chi connectivity index (χ3v) is 3.24. The quantitative estimate of drug-likeness (QED) is 0.587. The van der Waals surface area contributed by atoms with Crippen molar-refractivity contribution in [2.24, 2.45) is 11.8 Å². The van der Waals surface area contributed by atoms with Crippen molar-refractivity contribution >= 4 is 0 Å². The van der Waals surface area contributed by atoms with E-state index in [1.165, 1.54) is 5.56 Å². The SMILES string of the molecule is COCOC[C@@H]1[C@H](CO)[C@H]1c1ccccc1. The van der Waals surface area contributed by atoms with E-state index < -0.39 is 0 Å². The van der Waals surface area contributed by atoms with Crippen molar-refractivity contribution in [2.45, 2.75) is 5.92 Å². The number of hydrogen-bond acceptors (Lipinski definition) is 3. The van der Waals surface area contributed by atoms with Gasteiger partial charge in [-0.2, -0.15) is 0 Å². The molecule has 0 spiro atoms. The van der Waals surface area contributed by atoms with Crippen LogP contribution in [0.3, 0.4) is 0 Å². The van der Waals surface area contributed by atoms with E-state index >= 15 is 0 Å². The summed E-state index contributed by atoms with van der Waals surface area (Å²) in [7, 11) is 1.62. The molecular formula is C13H18O3. The highest BCUT2D eigenvalue weighted by Gasteiger charge is 2.50. The standard InChI is InChI=1S/C13H18O3/c1-15-9-16-8-12-11(7-14)13(12)10-5-3-2-4-6-10/h2-6,11-14H,7-9H2,1H3/t11-,12+,13+/m0/s1. The molecule has 3 heteroatoms. The first-order chi connectivity index (χ1) is 7.88. The number of ether oxygens (including phenoxy) is 2. The smallest absolute Gasteiger partial charge is 0.146 e. The maximum atomic E-state index is 9.28. The van der Waals surface area contributed by atoms with Gasteiger partial charge in [-0.25, -0.2) is 0 Å². The van der Waals surface area contributed by atoms with Crippen LogP contribution < -0.4 is 0 Å². The molecule has 0 heterocycles. The van der Waals surface area contributed by atoms with Gasteiger partial charge < -0.3 is 14.6 Å². The van der Waals surface area contributed by atoms with Gasteiger partial charge in [0.2, 0.25) is 0 Å². The zero-order chi connectivity index (χ0) is 11.4. The number of hydrogen-bond donors (Lipinski definition) is 1. The first-order valence-electron chi connectivity index (χ1n) is 5.61. The maximum absolute atomic E-state index is 9.28. The molecule has 1 aromatic carbocycles. The van der Waals surface area contributed by atoms with E-state index in [2.05, 4.69) is 12.1 Å². The van der Waals surface area contributed by atoms with E-state index in [1.54, 1.807) is 7.11 Å². The van der Waals surface area contributed by atoms with Crippen molar-refractivity contribution in [1.29, 1.82) is 0 Å². The third-order valence-electron chi connectivity index (χ3n) is 3.24. The molecule has 1 aromatic rings. The molecule has 0 saturated heterocycles. The van der Waals surface area contributed by atoms with Crippen LogP contribution in [0.15, 0.2) is 30.3 Å². The van der Waals surface area contributed by atoms with E-state index in [4.69, 9.17) is 9.47 Å². The second-order valence-corrected chi connectivity index (χ2v) is 4.22. The molecule has 88 valence electrons. The van der Waals surface area contributed by atoms with Gasteiger partial charge in [-0.1, -0.05) is 30.3 Å². The van der Waals surface area contributed by atoms with Crippen molar-refractivity contribution in [2.75, 3.05) is 27.1 Å². The van der Waals surface area contributed by atoms with Crippen molar-refractivity contribution in [3.05, 3.63) is 35.9 Å². The van der Waals surface area contributed by atoms with Crippen molar-refractivity contribution < 1.29 is 14.6 Å². The Hall–Kier alpha value is -0.900. The normalized spacial score (nSPS) is 28.0. The summed E-state index contributed by atoms with van der Waals surface area (Å²) in [6, 6.07) is 10.3. The molecule has 0 amide bonds. The van der Waals surface area contributed by atoms with E-state index in [1.807, 2.05) is 18.2 Å². The Balaban J connectivity index is 1.91. The largest absolute Gasteiger partial charge is 0.396 e. The minimum absolute atomic E-state index is 0.237. The molecule has 0 aromatic heterocycles. The van der Waals surface area contributed by atoms with Crippen molar-refractivity contribution in [3.63, 3.8) is 0 Å². The predicted octanol–water partition coefficient (Wildman–Crippen LogP) is 1.63. The van der Waals surface area contributed by atoms with Crippen LogP contribution in [-0.4, -0.2) is 32.2 Å². The molecule has 3 atom stereocenters. The molecule has 3 nitrogen and oxygen atoms in total. The van der Waals surface area contributed by atoms with Gasteiger partial charge in [0, 0.05) is 13.7 Å². The molecular weight excluding hydrogens is 204 g/mol. The van der Waals surface area contributed by atoms with Crippen LogP contribution in [0.1, 0.15) is 11.5 Å². The van der Waals surface area contributed by atoms with E-state index in [-0.39, 0.29) is 6.61 Å². The Kier molecular flexibility index (Phi) is 3.93. The fraction of sp³-hybridized carbons (Fsp3) is 0.538. The summed E-state index contributed by atoms with van der Waals surface area (Å²) in [5.74, 6) is 1.23. The Morgan fingerprint density at radius 1 is 1.19 bits per heavy atom. The second-order valence-electron chi connectivity index (χ2n) is 4.22. The molecule has 0 unspecified atom stereocenters. The zero-order valence-corrected chi connectivity index (χ0v) is 9.50. The number of methoxy groups -OCH3 is 1. The Morgan fingerprint density at radius 3 is 2.56 bits per heavy atom. The van der Waals surface area contributed by atoms with Crippen molar-refractivity contribution in [3.8, 4) is 0 Å². The molecule has 1 fully saturated rings. The molecule has 1 aliphatic carbocycles. The van der Waals surface area contributed by atoms with Gasteiger partial charge in [-0.15, -0.1) is 0 Å². The third kappa shape index (κ3) is 2.43. The van der Waals surface area contributed by atoms with Gasteiger partial charge in [-0.3, -0.25) is 0 Å². The molecule has 1 N–H and O–H groups in total. The summed E-state index contributed by atoms with van der Waals surface area (Å²) >= 11 is 0. The molecule has 16 heavy (non-hydrogen) atoms. The predicted molar refractivity (Wildman–Crippen MR) is 61.1 cm³/mol. The van der Waals surface area contributed by atoms with Crippen LogP contribution in [0.25, 0.3) is 0 Å². The van der Waals surface area contributed by atoms with Crippen LogP contribution in [0.4, 0.5) is 0 Å². The number of benzene rings is 1. The lowest BCUT2D eigenvalue weighted by Gasteiger charge is -2.01. The lowest BCUT2D eigenvalue weighted by Crippen LogP contribution is -2.02. The van der Waals surface area contributed by atoms with Crippen LogP contribution in [0.5, 0.6) is 0 Å². The second kappa shape index (κ2) is 5.43. The summed E-state index contributed by atoms with van der Waals surface area (Å²) in [5.41, 5.74) is 1.30. The first kappa shape index (κ1) is 11.6. The monoisotopic (exact) mass is 222 g/mol. The van der Waals surface area contributed by atoms with Gasteiger partial charge in [0.15, 0.2) is 0 Å². The highest BCUT2D eigenvalue weighted by Crippen LogP contribution is 2.53. The topological polar surface area (TPSA) is 38.7 Å². The lowest BCUT2D eigenvalue weighted by atomic mass is 10.1. The summed E-state index contributed by atoms with van der Waals surface area (Å²) in [6.07, 6.45) is 0. The maximum Gasteiger partial charge on any atom is 0.146 e. The minimum atomic E-state index is 0.237. The highest BCUT2D eigenvalue weighted by molar-refractivity contribution is 5.28. The molecule has 0 aliphatic heterocycles. The molecule has 2 rings (SSSR count). The van der Waals surface area contributed by atoms with Gasteiger partial charge in [-0.05, 0) is 23.3 Å². The van der Waals surface area contributed by atoms with Crippen LogP contribution in [-0.2, 0) is 9.47 Å². The number of rotatable bonds is 6. The van der Waals surface area contributed by atoms with Crippen LogP contribution >= 0.6 is 0 Å². The number of aliphatic hydroxyl groups excluding tert-OH is 1. The van der Waals surface area contributed by atoms with Crippen molar-refractivity contribution in [1.82, 2.24) is 0 Å². The highest BCUT2D eigenvalue weighted by atomic mass is 16.7. The molecule has 0 radical (unpaired) electrons. The summed E-state index contributed by atoms with van der Waals surface area (Å²) in [5, 5.41) is 9.28. The molecule has 0 bridgehead atoms. The fourth-order valence-electron chi connectivity index (χ4n) is 2.36. The zero-order valence-electron chi connectivity index (χ0n) is 9.50. The molecule has 1 saturated carbocycles. The van der Waals surface area contributed by atoms with Crippen LogP contribution in [0.2, 0.25) is 0 Å². The average Bonchev–Trinajstić information content (AvgIpc) is 3.04. The average molecular weight is 222 g/mol. The van der Waals surface area contributed by atoms with Gasteiger partial charge >= 0.3 is 0 Å². The number of aliphatic hydroxyl groups is 1. The lowest BCUT2D eigenvalue weighted by molar-refractivity contribution is -0.0364. The Morgan fingerprint density at radius 2 is 1.94 bits per heavy atom. The van der Waals surface area contributed by atoms with E-state index in [0.717, 1.165) is 0 Å². The van der Waals surface area contributed by atoms with Crippen LogP contribution in [0, 0.1) is 11.8 Å². The van der Waals surface area contributed by atoms with E-state index in [9.17, 15) is 5.11 Å². The fourth-order valence-corrected chi connectivity index (χ4v) is 2.36. The van der Waals surface area contributed by atoms with E-state index in [0.29, 0.717) is 31.2 Å². The summed E-state index contributed by atoms with van der Waals surface area (Å²) in [4.78, 5) is 0. The van der Waals surface area contributed by atoms with Gasteiger partial charge in [0.05, 0.1) is 6.61 Å².